The highest BCUT2D eigenvalue weighted by Gasteiger charge is 2.37. The second-order valence-electron chi connectivity index (χ2n) is 2.77. The Balaban J connectivity index is 3.20. The van der Waals surface area contributed by atoms with E-state index in [2.05, 4.69) is 9.05 Å². The first-order valence-electron chi connectivity index (χ1n) is 4.06. The highest BCUT2D eigenvalue weighted by Crippen LogP contribution is 2.38. The lowest BCUT2D eigenvalue weighted by atomic mass is 10.2. The Kier molecular flexibility index (Phi) is 5.88. The fourth-order valence-electron chi connectivity index (χ4n) is 1.05. The van der Waals surface area contributed by atoms with Crippen molar-refractivity contribution in [2.24, 2.45) is 0 Å². The molecule has 0 fully saturated rings. The van der Waals surface area contributed by atoms with Gasteiger partial charge in [0.25, 0.3) is 0 Å². The van der Waals surface area contributed by atoms with Crippen molar-refractivity contribution in [3.05, 3.63) is 33.1 Å². The van der Waals surface area contributed by atoms with Crippen LogP contribution in [0, 0.1) is 9.39 Å². The topological polar surface area (TPSA) is 96.2 Å². The zero-order valence-electron chi connectivity index (χ0n) is 8.05. The normalized spacial score (nSPS) is 17.2. The van der Waals surface area contributed by atoms with Crippen molar-refractivity contribution in [3.63, 3.8) is 0 Å². The van der Waals surface area contributed by atoms with Crippen LogP contribution in [0.5, 0.6) is 0 Å². The van der Waals surface area contributed by atoms with Crippen LogP contribution >= 0.6 is 39.9 Å². The number of halogens is 2. The zero-order chi connectivity index (χ0) is 13.1. The average Bonchev–Trinajstić information content (AvgIpc) is 2.20. The van der Waals surface area contributed by atoms with Gasteiger partial charge in [0.1, 0.15) is 5.82 Å². The van der Waals surface area contributed by atoms with E-state index in [0.717, 1.165) is 6.07 Å². The predicted octanol–water partition coefficient (Wildman–Crippen LogP) is 1.45. The molecule has 0 aliphatic rings. The number of rotatable bonds is 5. The summed E-state index contributed by atoms with van der Waals surface area (Å²) in [6.45, 7) is 0. The van der Waals surface area contributed by atoms with E-state index in [1.807, 2.05) is 22.6 Å². The van der Waals surface area contributed by atoms with Crippen LogP contribution in [-0.2, 0) is 19.6 Å². The summed E-state index contributed by atoms with van der Waals surface area (Å²) in [6.07, 6.45) is 0. The van der Waals surface area contributed by atoms with Crippen LogP contribution in [0.3, 0.4) is 0 Å². The van der Waals surface area contributed by atoms with Gasteiger partial charge >= 0.3 is 14.2 Å². The number of hydrogen-bond acceptors (Lipinski definition) is 5. The minimum Gasteiger partial charge on any atom is -0.352 e. The van der Waals surface area contributed by atoms with E-state index < -0.39 is 34.6 Å². The van der Waals surface area contributed by atoms with Gasteiger partial charge in [-0.15, -0.1) is 0 Å². The van der Waals surface area contributed by atoms with E-state index in [1.54, 1.807) is 0 Å². The molecule has 0 aromatic heterocycles. The van der Waals surface area contributed by atoms with Gasteiger partial charge in [0, 0.05) is 3.57 Å². The maximum atomic E-state index is 13.5. The zero-order valence-corrected chi connectivity index (χ0v) is 12.2. The van der Waals surface area contributed by atoms with Crippen molar-refractivity contribution in [1.29, 1.82) is 0 Å². The van der Waals surface area contributed by atoms with Crippen LogP contribution in [-0.4, -0.2) is 14.9 Å². The van der Waals surface area contributed by atoms with E-state index in [-0.39, 0.29) is 0 Å². The largest absolute Gasteiger partial charge is 0.352 e. The number of benzene rings is 1. The molecule has 0 amide bonds. The van der Waals surface area contributed by atoms with Crippen molar-refractivity contribution in [3.8, 4) is 0 Å². The highest BCUT2D eigenvalue weighted by atomic mass is 127. The molecule has 17 heavy (non-hydrogen) atoms. The Morgan fingerprint density at radius 2 is 2.18 bits per heavy atom. The van der Waals surface area contributed by atoms with Gasteiger partial charge in [-0.2, -0.15) is 0 Å². The third-order valence-electron chi connectivity index (χ3n) is 1.68. The quantitative estimate of drug-likeness (QED) is 0.396. The van der Waals surface area contributed by atoms with Crippen LogP contribution in [0.4, 0.5) is 4.39 Å². The average molecular weight is 396 g/mol. The molecular weight excluding hydrogens is 388 g/mol. The van der Waals surface area contributed by atoms with Gasteiger partial charge in [0.2, 0.25) is 0 Å². The minimum absolute atomic E-state index is 0.488. The maximum absolute atomic E-state index is 13.5. The van der Waals surface area contributed by atoms with Gasteiger partial charge in [-0.3, -0.25) is 9.09 Å². The molecular formula is C7H8FIO6P2. The molecule has 1 rings (SSSR count). The van der Waals surface area contributed by atoms with E-state index in [1.165, 1.54) is 12.1 Å². The van der Waals surface area contributed by atoms with Gasteiger partial charge in [-0.1, -0.05) is 0 Å². The summed E-state index contributed by atoms with van der Waals surface area (Å²) in [5.41, 5.74) is -0.488. The van der Waals surface area contributed by atoms with E-state index in [0.29, 0.717) is 3.57 Å². The molecule has 6 nitrogen and oxygen atoms in total. The molecule has 3 unspecified atom stereocenters. The predicted molar refractivity (Wildman–Crippen MR) is 66.9 cm³/mol. The summed E-state index contributed by atoms with van der Waals surface area (Å²) in [7, 11) is -4.84. The molecule has 0 aliphatic carbocycles. The molecule has 0 saturated carbocycles. The fourth-order valence-corrected chi connectivity index (χ4v) is 2.29. The first kappa shape index (κ1) is 15.4. The smallest absolute Gasteiger partial charge is 0.324 e. The molecule has 10 heteroatoms. The summed E-state index contributed by atoms with van der Waals surface area (Å²) in [5, 5.41) is 9.78. The fraction of sp³-hybridized carbons (Fsp3) is 0.143. The lowest BCUT2D eigenvalue weighted by molar-refractivity contribution is -0.283. The Morgan fingerprint density at radius 1 is 1.53 bits per heavy atom. The van der Waals surface area contributed by atoms with Gasteiger partial charge in [0.15, 0.2) is 9.03 Å². The van der Waals surface area contributed by atoms with Crippen LogP contribution in [0.1, 0.15) is 5.56 Å². The maximum Gasteiger partial charge on any atom is 0.324 e. The lowest BCUT2D eigenvalue weighted by Crippen LogP contribution is -2.29. The van der Waals surface area contributed by atoms with Gasteiger partial charge in [-0.05, 0) is 40.8 Å². The standard InChI is InChI=1S/C7H8FIO6P2/c8-6-2-1-4(9)3-5(6)7(10,14-16-11)15-17(12)13/h1-3,10-11,16-17H,(H,12,13). The van der Waals surface area contributed by atoms with Crippen molar-refractivity contribution in [2.45, 2.75) is 5.97 Å². The molecule has 0 heterocycles. The Bertz CT molecular complexity index is 433. The second-order valence-corrected chi connectivity index (χ2v) is 5.14. The lowest BCUT2D eigenvalue weighted by Gasteiger charge is -2.25. The molecule has 0 spiro atoms. The summed E-state index contributed by atoms with van der Waals surface area (Å²) < 4.78 is 33.2. The molecule has 0 radical (unpaired) electrons. The second kappa shape index (κ2) is 6.49. The van der Waals surface area contributed by atoms with Gasteiger partial charge < -0.3 is 14.9 Å². The first-order chi connectivity index (χ1) is 7.89. The molecule has 0 aliphatic heterocycles. The summed E-state index contributed by atoms with van der Waals surface area (Å²) in [4.78, 5) is 17.2. The summed E-state index contributed by atoms with van der Waals surface area (Å²) >= 11 is 1.84. The number of aliphatic hydroxyl groups is 1. The monoisotopic (exact) mass is 396 g/mol. The van der Waals surface area contributed by atoms with Crippen LogP contribution in [0.25, 0.3) is 0 Å². The summed E-state index contributed by atoms with van der Waals surface area (Å²) in [5.74, 6) is -3.68. The van der Waals surface area contributed by atoms with Crippen LogP contribution in [0.15, 0.2) is 18.2 Å². The molecule has 0 bridgehead atoms. The molecule has 0 saturated heterocycles. The highest BCUT2D eigenvalue weighted by molar-refractivity contribution is 14.1. The van der Waals surface area contributed by atoms with E-state index >= 15 is 0 Å². The third-order valence-corrected chi connectivity index (χ3v) is 3.17. The van der Waals surface area contributed by atoms with Crippen molar-refractivity contribution < 1.29 is 32.9 Å². The minimum atomic E-state index is -3.59. The number of hydrogen-bond donors (Lipinski definition) is 3. The van der Waals surface area contributed by atoms with Crippen LogP contribution in [0.2, 0.25) is 0 Å². The SMILES string of the molecule is O=[PH](O)OC(O)(OPO)c1cc(I)ccc1F. The Hall–Kier alpha value is 0.340. The van der Waals surface area contributed by atoms with Crippen molar-refractivity contribution in [2.75, 3.05) is 0 Å². The van der Waals surface area contributed by atoms with E-state index in [9.17, 15) is 14.1 Å². The Morgan fingerprint density at radius 3 is 2.71 bits per heavy atom. The van der Waals surface area contributed by atoms with Crippen molar-refractivity contribution >= 4 is 39.9 Å². The van der Waals surface area contributed by atoms with Gasteiger partial charge in [-0.25, -0.2) is 8.91 Å². The van der Waals surface area contributed by atoms with E-state index in [4.69, 9.17) is 9.79 Å². The van der Waals surface area contributed by atoms with Gasteiger partial charge in [0.05, 0.1) is 5.56 Å². The van der Waals surface area contributed by atoms with Crippen molar-refractivity contribution in [1.82, 2.24) is 0 Å². The molecule has 1 aromatic carbocycles. The summed E-state index contributed by atoms with van der Waals surface area (Å²) in [6, 6.07) is 3.62. The molecule has 3 N–H and O–H groups in total. The molecule has 1 aromatic rings. The third kappa shape index (κ3) is 4.18. The Labute approximate surface area is 112 Å². The van der Waals surface area contributed by atoms with Crippen LogP contribution < -0.4 is 0 Å². The molecule has 3 atom stereocenters. The molecule has 96 valence electrons. The first-order valence-corrected chi connectivity index (χ1v) is 7.26.